The van der Waals surface area contributed by atoms with Crippen molar-refractivity contribution in [2.24, 2.45) is 23.2 Å². The Labute approximate surface area is 316 Å². The Bertz CT molecular complexity index is 1230. The van der Waals surface area contributed by atoms with Gasteiger partial charge in [-0.1, -0.05) is 34.6 Å². The number of cyclic esters (lactones) is 1. The molecule has 0 bridgehead atoms. The fraction of sp³-hybridized carbons (Fsp3) is 0.949. The lowest BCUT2D eigenvalue weighted by atomic mass is 9.69. The normalized spacial score (nSPS) is 49.7. The molecule has 0 spiro atoms. The highest BCUT2D eigenvalue weighted by Gasteiger charge is 2.57. The predicted octanol–water partition coefficient (Wildman–Crippen LogP) is 2.57. The number of esters is 1. The zero-order chi connectivity index (χ0) is 40.6. The van der Waals surface area contributed by atoms with Crippen LogP contribution in [0.4, 0.5) is 0 Å². The first-order valence-corrected chi connectivity index (χ1v) is 19.4. The molecule has 14 heteroatoms. The summed E-state index contributed by atoms with van der Waals surface area (Å²) in [4.78, 5) is 30.4. The van der Waals surface area contributed by atoms with Crippen LogP contribution in [-0.2, 0) is 38.0 Å². The zero-order valence-corrected chi connectivity index (χ0v) is 34.6. The van der Waals surface area contributed by atoms with Gasteiger partial charge in [-0.25, -0.2) is 0 Å². The summed E-state index contributed by atoms with van der Waals surface area (Å²) in [5.74, 6) is -3.94. The molecule has 18 atom stereocenters. The van der Waals surface area contributed by atoms with Crippen LogP contribution in [0.1, 0.15) is 108 Å². The smallest absolute Gasteiger partial charge is 0.314 e. The molecule has 3 aliphatic rings. The van der Waals surface area contributed by atoms with Crippen molar-refractivity contribution in [2.75, 3.05) is 21.2 Å². The van der Waals surface area contributed by atoms with E-state index in [0.717, 1.165) is 0 Å². The first-order chi connectivity index (χ1) is 24.3. The molecule has 0 amide bonds. The first-order valence-electron chi connectivity index (χ1n) is 19.4. The summed E-state index contributed by atoms with van der Waals surface area (Å²) in [6, 6.07) is -0.331. The average molecular weight is 762 g/mol. The molecule has 0 aromatic rings. The minimum absolute atomic E-state index is 0.0867. The lowest BCUT2D eigenvalue weighted by Crippen LogP contribution is -2.63. The molecule has 3 saturated heterocycles. The molecule has 2 unspecified atom stereocenters. The van der Waals surface area contributed by atoms with E-state index >= 15 is 0 Å². The zero-order valence-electron chi connectivity index (χ0n) is 34.6. The van der Waals surface area contributed by atoms with E-state index in [1.807, 2.05) is 25.9 Å². The summed E-state index contributed by atoms with van der Waals surface area (Å²) in [6.45, 7) is 18.3. The van der Waals surface area contributed by atoms with Gasteiger partial charge in [-0.3, -0.25) is 9.59 Å². The number of nitrogens with zero attached hydrogens (tertiary/aromatic N) is 1. The van der Waals surface area contributed by atoms with Gasteiger partial charge in [0.15, 0.2) is 12.6 Å². The largest absolute Gasteiger partial charge is 0.459 e. The summed E-state index contributed by atoms with van der Waals surface area (Å²) in [5, 5.41) is 58.2. The van der Waals surface area contributed by atoms with Crippen molar-refractivity contribution in [3.63, 3.8) is 0 Å². The van der Waals surface area contributed by atoms with Gasteiger partial charge in [0.05, 0.1) is 47.1 Å². The molecule has 3 heterocycles. The summed E-state index contributed by atoms with van der Waals surface area (Å²) in [5.41, 5.74) is -6.38. The van der Waals surface area contributed by atoms with Gasteiger partial charge in [-0.15, -0.1) is 0 Å². The lowest BCUT2D eigenvalue weighted by Gasteiger charge is -2.51. The number of carbonyl (C=O) groups is 2. The van der Waals surface area contributed by atoms with Crippen molar-refractivity contribution >= 4 is 11.8 Å². The maximum absolute atomic E-state index is 14.6. The first kappa shape index (κ1) is 46.1. The summed E-state index contributed by atoms with van der Waals surface area (Å²) in [7, 11) is 5.19. The standard InChI is InChI=1S/C39H71NO13/c1-15-26-39(11,47)30(43)22(5)28(41)20(3)18-37(9,46)33(53-34-29(42)25(40(12)13)17-21(4)49-34)23(6)32(36(8,16-2)35(45)51-26)52-27-19-38(10,48-14)31(44)24(7)50-27/h20-27,29-34,42-44,46-47H,15-19H2,1-14H3/t20-,21+,22+,23+,24+,25-,26-,27?,29+,30-,31+,32+,33-,34?,36+,37-,38-,39-/m1/s1. The number of aliphatic hydroxyl groups is 5. The quantitative estimate of drug-likeness (QED) is 0.227. The van der Waals surface area contributed by atoms with Crippen molar-refractivity contribution < 1.29 is 63.5 Å². The Kier molecular flexibility index (Phi) is 15.2. The maximum Gasteiger partial charge on any atom is 0.314 e. The number of rotatable bonds is 8. The summed E-state index contributed by atoms with van der Waals surface area (Å²) in [6.07, 6.45) is -9.73. The van der Waals surface area contributed by atoms with E-state index in [2.05, 4.69) is 0 Å². The molecule has 3 aliphatic heterocycles. The second-order valence-electron chi connectivity index (χ2n) is 17.4. The molecule has 3 rings (SSSR count). The number of methoxy groups -OCH3 is 1. The molecule has 0 aromatic heterocycles. The van der Waals surface area contributed by atoms with Crippen LogP contribution in [0.3, 0.4) is 0 Å². The molecular weight excluding hydrogens is 690 g/mol. The Morgan fingerprint density at radius 3 is 2.00 bits per heavy atom. The molecule has 0 aromatic carbocycles. The Hall–Kier alpha value is -1.30. The van der Waals surface area contributed by atoms with E-state index in [9.17, 15) is 35.1 Å². The van der Waals surface area contributed by atoms with Crippen LogP contribution < -0.4 is 0 Å². The number of hydrogen-bond acceptors (Lipinski definition) is 14. The van der Waals surface area contributed by atoms with Gasteiger partial charge in [0, 0.05) is 37.3 Å². The van der Waals surface area contributed by atoms with Crippen LogP contribution >= 0.6 is 0 Å². The van der Waals surface area contributed by atoms with E-state index in [-0.39, 0.29) is 37.8 Å². The van der Waals surface area contributed by atoms with Gasteiger partial charge in [-0.05, 0) is 81.3 Å². The second kappa shape index (κ2) is 17.5. The molecule has 3 fully saturated rings. The van der Waals surface area contributed by atoms with Crippen molar-refractivity contribution in [1.82, 2.24) is 4.90 Å². The molecule has 0 saturated carbocycles. The number of aliphatic hydroxyl groups excluding tert-OH is 3. The Morgan fingerprint density at radius 2 is 1.47 bits per heavy atom. The second-order valence-corrected chi connectivity index (χ2v) is 17.4. The minimum atomic E-state index is -2.01. The SMILES string of the molecule is CC[C@H]1OC(=O)[C@@](C)(CC)[C@@H](OC2C[C@@](C)(OC)[C@@H](O)[C@H](C)O2)[C@H](C)[C@@H](OC2O[C@@H](C)C[C@@H](N(C)C)[C@@H]2O)[C@](C)(O)C[C@@H](C)C(=O)[C@H](C)[C@@H](O)[C@]1(C)O. The molecule has 0 radical (unpaired) electrons. The van der Waals surface area contributed by atoms with Gasteiger partial charge < -0.3 is 58.9 Å². The van der Waals surface area contributed by atoms with Crippen LogP contribution in [0.2, 0.25) is 0 Å². The number of ether oxygens (including phenoxy) is 6. The van der Waals surface area contributed by atoms with Crippen LogP contribution in [0, 0.1) is 23.2 Å². The lowest BCUT2D eigenvalue weighted by molar-refractivity contribution is -0.323. The molecule has 0 aliphatic carbocycles. The van der Waals surface area contributed by atoms with E-state index in [0.29, 0.717) is 6.42 Å². The number of carbonyl (C=O) groups excluding carboxylic acids is 2. The molecule has 53 heavy (non-hydrogen) atoms. The van der Waals surface area contributed by atoms with Crippen LogP contribution in [0.5, 0.6) is 0 Å². The van der Waals surface area contributed by atoms with Crippen molar-refractivity contribution in [2.45, 2.75) is 193 Å². The molecule has 5 N–H and O–H groups in total. The Morgan fingerprint density at radius 1 is 0.868 bits per heavy atom. The molecule has 310 valence electrons. The minimum Gasteiger partial charge on any atom is -0.459 e. The number of Topliss-reactive ketones (excluding diaryl/α,β-unsaturated/α-hetero) is 1. The highest BCUT2D eigenvalue weighted by molar-refractivity contribution is 5.83. The van der Waals surface area contributed by atoms with E-state index in [1.165, 1.54) is 27.9 Å². The van der Waals surface area contributed by atoms with E-state index < -0.39 is 107 Å². The predicted molar refractivity (Wildman–Crippen MR) is 195 cm³/mol. The van der Waals surface area contributed by atoms with Gasteiger partial charge in [0.1, 0.15) is 29.7 Å². The third-order valence-corrected chi connectivity index (χ3v) is 12.7. The van der Waals surface area contributed by atoms with Gasteiger partial charge in [0.2, 0.25) is 0 Å². The van der Waals surface area contributed by atoms with Crippen LogP contribution in [0.25, 0.3) is 0 Å². The van der Waals surface area contributed by atoms with Gasteiger partial charge in [0.25, 0.3) is 0 Å². The number of hydrogen-bond donors (Lipinski definition) is 5. The number of ketones is 1. The molecule has 14 nitrogen and oxygen atoms in total. The summed E-state index contributed by atoms with van der Waals surface area (Å²) >= 11 is 0. The van der Waals surface area contributed by atoms with E-state index in [1.54, 1.807) is 48.5 Å². The van der Waals surface area contributed by atoms with Crippen LogP contribution in [-0.4, -0.2) is 148 Å². The highest BCUT2D eigenvalue weighted by atomic mass is 16.7. The van der Waals surface area contributed by atoms with Crippen molar-refractivity contribution in [3.8, 4) is 0 Å². The Balaban J connectivity index is 2.28. The highest BCUT2D eigenvalue weighted by Crippen LogP contribution is 2.45. The number of likely N-dealkylation sites (N-methyl/N-ethyl adjacent to an activating group) is 1. The topological polar surface area (TPSA) is 194 Å². The summed E-state index contributed by atoms with van der Waals surface area (Å²) < 4.78 is 37.7. The maximum atomic E-state index is 14.6. The van der Waals surface area contributed by atoms with E-state index in [4.69, 9.17) is 28.4 Å². The van der Waals surface area contributed by atoms with Crippen molar-refractivity contribution in [3.05, 3.63) is 0 Å². The monoisotopic (exact) mass is 761 g/mol. The fourth-order valence-corrected chi connectivity index (χ4v) is 8.89. The van der Waals surface area contributed by atoms with Crippen LogP contribution in [0.15, 0.2) is 0 Å². The van der Waals surface area contributed by atoms with Crippen molar-refractivity contribution in [1.29, 1.82) is 0 Å². The van der Waals surface area contributed by atoms with Gasteiger partial charge in [-0.2, -0.15) is 0 Å². The third-order valence-electron chi connectivity index (χ3n) is 12.7. The fourth-order valence-electron chi connectivity index (χ4n) is 8.89. The third kappa shape index (κ3) is 9.47. The van der Waals surface area contributed by atoms with Gasteiger partial charge >= 0.3 is 5.97 Å². The molecular formula is C39H71NO13. The average Bonchev–Trinajstić information content (AvgIpc) is 3.09.